The lowest BCUT2D eigenvalue weighted by Crippen LogP contribution is -2.34. The van der Waals surface area contributed by atoms with Gasteiger partial charge in [-0.25, -0.2) is 4.98 Å². The van der Waals surface area contributed by atoms with Crippen LogP contribution >= 0.6 is 11.6 Å². The van der Waals surface area contributed by atoms with Crippen molar-refractivity contribution in [3.05, 3.63) is 51.9 Å². The number of aromatic nitrogens is 2. The SMILES string of the molecule is CCC1CCN(c2cc(Nc3ccc4c(c3)cc(OCC(=O)NC)c(=O)n4C)c(Cl)cn2)CC1. The first kappa shape index (κ1) is 23.9. The zero-order chi connectivity index (χ0) is 24.2. The fourth-order valence-electron chi connectivity index (χ4n) is 4.27. The Kier molecular flexibility index (Phi) is 7.26. The number of nitrogens with one attached hydrogen (secondary N) is 2. The average Bonchev–Trinajstić information content (AvgIpc) is 2.86. The molecule has 0 atom stereocenters. The number of likely N-dealkylation sites (N-methyl/N-ethyl adjacent to an activating group) is 1. The number of halogens is 1. The summed E-state index contributed by atoms with van der Waals surface area (Å²) in [5.74, 6) is 1.52. The van der Waals surface area contributed by atoms with Crippen LogP contribution in [-0.2, 0) is 11.8 Å². The van der Waals surface area contributed by atoms with E-state index in [1.54, 1.807) is 19.3 Å². The molecule has 0 bridgehead atoms. The number of pyridine rings is 2. The highest BCUT2D eigenvalue weighted by Crippen LogP contribution is 2.31. The highest BCUT2D eigenvalue weighted by Gasteiger charge is 2.19. The maximum Gasteiger partial charge on any atom is 0.293 e. The molecular formula is C25H30ClN5O3. The molecule has 0 radical (unpaired) electrons. The minimum Gasteiger partial charge on any atom is -0.478 e. The van der Waals surface area contributed by atoms with Crippen molar-refractivity contribution in [3.8, 4) is 5.75 Å². The van der Waals surface area contributed by atoms with Gasteiger partial charge in [-0.3, -0.25) is 9.59 Å². The fraction of sp³-hybridized carbons (Fsp3) is 0.400. The van der Waals surface area contributed by atoms with Crippen LogP contribution in [0.4, 0.5) is 17.2 Å². The van der Waals surface area contributed by atoms with Crippen LogP contribution in [0, 0.1) is 5.92 Å². The second kappa shape index (κ2) is 10.3. The van der Waals surface area contributed by atoms with Crippen molar-refractivity contribution in [1.82, 2.24) is 14.9 Å². The highest BCUT2D eigenvalue weighted by molar-refractivity contribution is 6.33. The molecule has 1 aromatic carbocycles. The first-order valence-electron chi connectivity index (χ1n) is 11.5. The van der Waals surface area contributed by atoms with Gasteiger partial charge in [0.15, 0.2) is 12.4 Å². The van der Waals surface area contributed by atoms with Gasteiger partial charge in [0.1, 0.15) is 5.82 Å². The number of carbonyl (C=O) groups is 1. The number of carbonyl (C=O) groups excluding carboxylic acids is 1. The summed E-state index contributed by atoms with van der Waals surface area (Å²) in [4.78, 5) is 31.0. The number of rotatable bonds is 7. The maximum atomic E-state index is 12.6. The topological polar surface area (TPSA) is 88.5 Å². The van der Waals surface area contributed by atoms with Gasteiger partial charge in [-0.2, -0.15) is 0 Å². The zero-order valence-corrected chi connectivity index (χ0v) is 20.5. The molecule has 34 heavy (non-hydrogen) atoms. The summed E-state index contributed by atoms with van der Waals surface area (Å²) in [5, 5.41) is 7.19. The van der Waals surface area contributed by atoms with Gasteiger partial charge in [0, 0.05) is 44.3 Å². The lowest BCUT2D eigenvalue weighted by molar-refractivity contribution is -0.122. The molecule has 9 heteroatoms. The van der Waals surface area contributed by atoms with E-state index in [2.05, 4.69) is 27.4 Å². The van der Waals surface area contributed by atoms with E-state index in [0.29, 0.717) is 5.02 Å². The Morgan fingerprint density at radius 3 is 2.71 bits per heavy atom. The molecule has 1 aliphatic rings. The molecule has 3 aromatic rings. The fourth-order valence-corrected chi connectivity index (χ4v) is 4.42. The van der Waals surface area contributed by atoms with E-state index in [-0.39, 0.29) is 23.8 Å². The first-order chi connectivity index (χ1) is 16.4. The molecule has 0 spiro atoms. The molecule has 4 rings (SSSR count). The molecule has 1 aliphatic heterocycles. The molecule has 1 amide bonds. The lowest BCUT2D eigenvalue weighted by atomic mass is 9.94. The second-order valence-electron chi connectivity index (χ2n) is 8.59. The molecule has 3 heterocycles. The summed E-state index contributed by atoms with van der Waals surface area (Å²) in [6, 6.07) is 9.33. The van der Waals surface area contributed by atoms with Crippen molar-refractivity contribution in [2.24, 2.45) is 13.0 Å². The van der Waals surface area contributed by atoms with Gasteiger partial charge in [0.25, 0.3) is 11.5 Å². The van der Waals surface area contributed by atoms with Gasteiger partial charge in [0.05, 0.1) is 22.4 Å². The smallest absolute Gasteiger partial charge is 0.293 e. The standard InChI is InChI=1S/C25H30ClN5O3/c1-4-16-7-9-31(10-8-16)23-13-20(19(26)14-28-23)29-18-5-6-21-17(11-18)12-22(25(33)30(21)3)34-15-24(32)27-2/h5-6,11-14,16H,4,7-10,15H2,1-3H3,(H,27,32)(H,28,29). The molecule has 8 nitrogen and oxygen atoms in total. The van der Waals surface area contributed by atoms with Crippen LogP contribution in [0.2, 0.25) is 5.02 Å². The zero-order valence-electron chi connectivity index (χ0n) is 19.7. The van der Waals surface area contributed by atoms with Crippen molar-refractivity contribution in [2.75, 3.05) is 37.0 Å². The van der Waals surface area contributed by atoms with E-state index in [1.807, 2.05) is 24.3 Å². The minimum atomic E-state index is -0.306. The normalized spacial score (nSPS) is 14.3. The van der Waals surface area contributed by atoms with Gasteiger partial charge in [0.2, 0.25) is 0 Å². The average molecular weight is 484 g/mol. The van der Waals surface area contributed by atoms with E-state index in [9.17, 15) is 9.59 Å². The number of hydrogen-bond donors (Lipinski definition) is 2. The minimum absolute atomic E-state index is 0.121. The van der Waals surface area contributed by atoms with E-state index >= 15 is 0 Å². The summed E-state index contributed by atoms with van der Waals surface area (Å²) in [6.45, 7) is 4.02. The van der Waals surface area contributed by atoms with Crippen molar-refractivity contribution in [2.45, 2.75) is 26.2 Å². The third-order valence-electron chi connectivity index (χ3n) is 6.46. The van der Waals surface area contributed by atoms with Crippen LogP contribution in [0.1, 0.15) is 26.2 Å². The number of nitrogens with zero attached hydrogens (tertiary/aromatic N) is 3. The Morgan fingerprint density at radius 2 is 2.00 bits per heavy atom. The molecule has 180 valence electrons. The maximum absolute atomic E-state index is 12.6. The molecule has 0 aliphatic carbocycles. The summed E-state index contributed by atoms with van der Waals surface area (Å²) >= 11 is 6.46. The van der Waals surface area contributed by atoms with Gasteiger partial charge in [-0.05, 0) is 43.0 Å². The third kappa shape index (κ3) is 5.12. The summed E-state index contributed by atoms with van der Waals surface area (Å²) in [5.41, 5.74) is 2.03. The van der Waals surface area contributed by atoms with Crippen LogP contribution in [0.5, 0.6) is 5.75 Å². The number of benzene rings is 1. The Labute approximate surface area is 203 Å². The molecule has 0 unspecified atom stereocenters. The summed E-state index contributed by atoms with van der Waals surface area (Å²) in [6.07, 6.45) is 5.26. The van der Waals surface area contributed by atoms with Crippen molar-refractivity contribution >= 4 is 45.6 Å². The molecular weight excluding hydrogens is 454 g/mol. The second-order valence-corrected chi connectivity index (χ2v) is 9.00. The van der Waals surface area contributed by atoms with Crippen molar-refractivity contribution in [1.29, 1.82) is 0 Å². The molecule has 1 fully saturated rings. The number of hydrogen-bond acceptors (Lipinski definition) is 6. The number of amides is 1. The Morgan fingerprint density at radius 1 is 1.24 bits per heavy atom. The monoisotopic (exact) mass is 483 g/mol. The number of anilines is 3. The van der Waals surface area contributed by atoms with E-state index in [0.717, 1.165) is 47.1 Å². The van der Waals surface area contributed by atoms with Gasteiger partial charge in [-0.15, -0.1) is 0 Å². The Bertz CT molecular complexity index is 1250. The van der Waals surface area contributed by atoms with E-state index < -0.39 is 0 Å². The highest BCUT2D eigenvalue weighted by atomic mass is 35.5. The van der Waals surface area contributed by atoms with Crippen molar-refractivity contribution in [3.63, 3.8) is 0 Å². The number of fused-ring (bicyclic) bond motifs is 1. The summed E-state index contributed by atoms with van der Waals surface area (Å²) < 4.78 is 6.96. The quantitative estimate of drug-likeness (QED) is 0.526. The first-order valence-corrected chi connectivity index (χ1v) is 11.9. The lowest BCUT2D eigenvalue weighted by Gasteiger charge is -2.32. The van der Waals surface area contributed by atoms with Gasteiger partial charge >= 0.3 is 0 Å². The van der Waals surface area contributed by atoms with Crippen LogP contribution < -0.4 is 25.8 Å². The molecule has 0 saturated carbocycles. The van der Waals surface area contributed by atoms with E-state index in [1.165, 1.54) is 30.9 Å². The van der Waals surface area contributed by atoms with Crippen LogP contribution in [0.25, 0.3) is 10.9 Å². The van der Waals surface area contributed by atoms with Crippen LogP contribution in [0.3, 0.4) is 0 Å². The molecule has 2 N–H and O–H groups in total. The molecule has 1 saturated heterocycles. The Hall–Kier alpha value is -3.26. The predicted molar refractivity (Wildman–Crippen MR) is 137 cm³/mol. The van der Waals surface area contributed by atoms with E-state index in [4.69, 9.17) is 16.3 Å². The number of ether oxygens (including phenoxy) is 1. The number of piperidine rings is 1. The largest absolute Gasteiger partial charge is 0.478 e. The predicted octanol–water partition coefficient (Wildman–Crippen LogP) is 4.08. The Balaban J connectivity index is 1.59. The van der Waals surface area contributed by atoms with Gasteiger partial charge in [-0.1, -0.05) is 24.9 Å². The van der Waals surface area contributed by atoms with Crippen molar-refractivity contribution < 1.29 is 9.53 Å². The van der Waals surface area contributed by atoms with Gasteiger partial charge < -0.3 is 24.8 Å². The third-order valence-corrected chi connectivity index (χ3v) is 6.77. The number of aryl methyl sites for hydroxylation is 1. The summed E-state index contributed by atoms with van der Waals surface area (Å²) in [7, 11) is 3.20. The van der Waals surface area contributed by atoms with Crippen LogP contribution in [0.15, 0.2) is 41.3 Å². The van der Waals surface area contributed by atoms with Crippen LogP contribution in [-0.4, -0.2) is 42.2 Å². The molecule has 2 aromatic heterocycles.